The molecule has 4 nitrogen and oxygen atoms in total. The van der Waals surface area contributed by atoms with Crippen molar-refractivity contribution in [3.05, 3.63) is 32.1 Å². The minimum absolute atomic E-state index is 0.118. The van der Waals surface area contributed by atoms with E-state index in [1.54, 1.807) is 0 Å². The highest BCUT2D eigenvalue weighted by molar-refractivity contribution is 14.1. The van der Waals surface area contributed by atoms with Crippen LogP contribution in [-0.2, 0) is 6.54 Å². The van der Waals surface area contributed by atoms with Crippen LogP contribution in [0.3, 0.4) is 0 Å². The summed E-state index contributed by atoms with van der Waals surface area (Å²) in [5.41, 5.74) is 0.941. The van der Waals surface area contributed by atoms with Crippen LogP contribution in [0.5, 0.6) is 0 Å². The molecule has 1 atom stereocenters. The highest BCUT2D eigenvalue weighted by atomic mass is 127. The third-order valence-electron chi connectivity index (χ3n) is 4.17. The summed E-state index contributed by atoms with van der Waals surface area (Å²) >= 11 is 2.24. The summed E-state index contributed by atoms with van der Waals surface area (Å²) in [7, 11) is 0. The van der Waals surface area contributed by atoms with Gasteiger partial charge < -0.3 is 4.90 Å². The van der Waals surface area contributed by atoms with Gasteiger partial charge in [0.25, 0.3) is 5.56 Å². The van der Waals surface area contributed by atoms with Crippen LogP contribution >= 0.6 is 22.6 Å². The lowest BCUT2D eigenvalue weighted by Crippen LogP contribution is -2.36. The molecule has 0 unspecified atom stereocenters. The van der Waals surface area contributed by atoms with Crippen molar-refractivity contribution >= 4 is 39.4 Å². The van der Waals surface area contributed by atoms with Crippen molar-refractivity contribution in [3.8, 4) is 0 Å². The van der Waals surface area contributed by atoms with Gasteiger partial charge in [-0.05, 0) is 60.1 Å². The average molecular weight is 367 g/mol. The van der Waals surface area contributed by atoms with E-state index in [4.69, 9.17) is 4.98 Å². The van der Waals surface area contributed by atoms with Crippen molar-refractivity contribution in [1.82, 2.24) is 9.55 Å². The summed E-state index contributed by atoms with van der Waals surface area (Å²) < 4.78 is 2.95. The van der Waals surface area contributed by atoms with E-state index >= 15 is 0 Å². The van der Waals surface area contributed by atoms with E-state index < -0.39 is 0 Å². The predicted octanol–water partition coefficient (Wildman–Crippen LogP) is 2.37. The van der Waals surface area contributed by atoms with Gasteiger partial charge in [0.1, 0.15) is 0 Å². The quantitative estimate of drug-likeness (QED) is 0.672. The lowest BCUT2D eigenvalue weighted by molar-refractivity contribution is 0.459. The second-order valence-corrected chi connectivity index (χ2v) is 6.58. The van der Waals surface area contributed by atoms with Crippen molar-refractivity contribution in [3.63, 3.8) is 0 Å². The summed E-state index contributed by atoms with van der Waals surface area (Å²) in [4.78, 5) is 19.7. The molecular formula is C14H14IN3O. The van der Waals surface area contributed by atoms with Gasteiger partial charge in [0.2, 0.25) is 5.95 Å². The first kappa shape index (κ1) is 11.7. The van der Waals surface area contributed by atoms with Gasteiger partial charge in [0, 0.05) is 22.7 Å². The van der Waals surface area contributed by atoms with Crippen LogP contribution in [0.25, 0.3) is 10.9 Å². The number of benzene rings is 1. The molecule has 98 valence electrons. The van der Waals surface area contributed by atoms with Crippen LogP contribution in [0.4, 0.5) is 5.95 Å². The van der Waals surface area contributed by atoms with Gasteiger partial charge in [-0.3, -0.25) is 9.36 Å². The van der Waals surface area contributed by atoms with E-state index in [0.29, 0.717) is 6.04 Å². The Morgan fingerprint density at radius 1 is 1.32 bits per heavy atom. The molecule has 19 heavy (non-hydrogen) atoms. The van der Waals surface area contributed by atoms with Crippen LogP contribution < -0.4 is 10.5 Å². The molecule has 1 saturated heterocycles. The molecule has 0 aliphatic carbocycles. The van der Waals surface area contributed by atoms with Crippen LogP contribution in [0.1, 0.15) is 19.3 Å². The van der Waals surface area contributed by atoms with E-state index in [2.05, 4.69) is 27.5 Å². The largest absolute Gasteiger partial charge is 0.337 e. The highest BCUT2D eigenvalue weighted by Crippen LogP contribution is 2.30. The second kappa shape index (κ2) is 4.19. The van der Waals surface area contributed by atoms with Gasteiger partial charge in [-0.25, -0.2) is 4.98 Å². The third kappa shape index (κ3) is 1.70. The minimum atomic E-state index is 0.118. The molecule has 0 saturated carbocycles. The van der Waals surface area contributed by atoms with Crippen molar-refractivity contribution in [2.24, 2.45) is 0 Å². The Kier molecular flexibility index (Phi) is 2.58. The number of fused-ring (bicyclic) bond motifs is 4. The van der Waals surface area contributed by atoms with Crippen LogP contribution in [0, 0.1) is 3.57 Å². The predicted molar refractivity (Wildman–Crippen MR) is 83.7 cm³/mol. The molecule has 0 spiro atoms. The number of anilines is 1. The van der Waals surface area contributed by atoms with Crippen molar-refractivity contribution in [2.75, 3.05) is 11.4 Å². The molecule has 0 N–H and O–H groups in total. The van der Waals surface area contributed by atoms with Crippen molar-refractivity contribution in [2.45, 2.75) is 31.8 Å². The Hall–Kier alpha value is -1.11. The van der Waals surface area contributed by atoms with E-state index in [1.165, 1.54) is 19.3 Å². The topological polar surface area (TPSA) is 38.1 Å². The Bertz CT molecular complexity index is 724. The van der Waals surface area contributed by atoms with Crippen molar-refractivity contribution in [1.29, 1.82) is 0 Å². The van der Waals surface area contributed by atoms with Gasteiger partial charge in [0.05, 0.1) is 10.9 Å². The Balaban J connectivity index is 1.98. The Labute approximate surface area is 124 Å². The summed E-state index contributed by atoms with van der Waals surface area (Å²) in [6.07, 6.45) is 3.65. The van der Waals surface area contributed by atoms with Crippen LogP contribution in [0.2, 0.25) is 0 Å². The zero-order valence-corrected chi connectivity index (χ0v) is 12.6. The van der Waals surface area contributed by atoms with Crippen LogP contribution in [0.15, 0.2) is 23.0 Å². The average Bonchev–Trinajstić information content (AvgIpc) is 2.79. The van der Waals surface area contributed by atoms with Crippen molar-refractivity contribution < 1.29 is 0 Å². The van der Waals surface area contributed by atoms with E-state index in [9.17, 15) is 4.79 Å². The SMILES string of the molecule is O=c1c2cc(I)ccc2nc2n1C[C@H]1CCCCN21. The van der Waals surface area contributed by atoms with E-state index in [-0.39, 0.29) is 5.56 Å². The number of hydrogen-bond donors (Lipinski definition) is 0. The molecule has 1 fully saturated rings. The molecule has 1 aromatic carbocycles. The molecule has 4 rings (SSSR count). The maximum Gasteiger partial charge on any atom is 0.262 e. The number of nitrogens with zero attached hydrogens (tertiary/aromatic N) is 3. The van der Waals surface area contributed by atoms with Gasteiger partial charge >= 0.3 is 0 Å². The lowest BCUT2D eigenvalue weighted by atomic mass is 10.0. The first-order valence-corrected chi connectivity index (χ1v) is 7.79. The fourth-order valence-corrected chi connectivity index (χ4v) is 3.72. The second-order valence-electron chi connectivity index (χ2n) is 5.33. The number of halogens is 1. The standard InChI is InChI=1S/C14H14IN3O/c15-9-4-5-12-11(7-9)13(19)18-8-10-3-1-2-6-17(10)14(18)16-12/h4-5,7,10H,1-3,6,8H2/t10-/m1/s1. The maximum atomic E-state index is 12.6. The van der Waals surface area contributed by atoms with Gasteiger partial charge in [-0.1, -0.05) is 0 Å². The first-order valence-electron chi connectivity index (χ1n) is 6.71. The number of hydrogen-bond acceptors (Lipinski definition) is 3. The number of rotatable bonds is 0. The number of aromatic nitrogens is 2. The molecular weight excluding hydrogens is 353 g/mol. The molecule has 0 radical (unpaired) electrons. The normalized spacial score (nSPS) is 21.5. The van der Waals surface area contributed by atoms with Gasteiger partial charge in [-0.2, -0.15) is 0 Å². The molecule has 5 heteroatoms. The Morgan fingerprint density at radius 2 is 2.21 bits per heavy atom. The molecule has 0 amide bonds. The zero-order chi connectivity index (χ0) is 13.0. The zero-order valence-electron chi connectivity index (χ0n) is 10.5. The maximum absolute atomic E-state index is 12.6. The molecule has 2 aliphatic rings. The monoisotopic (exact) mass is 367 g/mol. The van der Waals surface area contributed by atoms with Crippen LogP contribution in [-0.4, -0.2) is 22.1 Å². The molecule has 2 aromatic rings. The molecule has 2 aliphatic heterocycles. The summed E-state index contributed by atoms with van der Waals surface area (Å²) in [6, 6.07) is 6.38. The summed E-state index contributed by atoms with van der Waals surface area (Å²) in [5, 5.41) is 0.746. The summed E-state index contributed by atoms with van der Waals surface area (Å²) in [5.74, 6) is 0.878. The lowest BCUT2D eigenvalue weighted by Gasteiger charge is -2.29. The first-order chi connectivity index (χ1) is 9.24. The fraction of sp³-hybridized carbons (Fsp3) is 0.429. The van der Waals surface area contributed by atoms with E-state index in [1.807, 2.05) is 22.8 Å². The Morgan fingerprint density at radius 3 is 3.11 bits per heavy atom. The smallest absolute Gasteiger partial charge is 0.262 e. The van der Waals surface area contributed by atoms with Gasteiger partial charge in [0.15, 0.2) is 0 Å². The van der Waals surface area contributed by atoms with E-state index in [0.717, 1.165) is 33.5 Å². The molecule has 3 heterocycles. The highest BCUT2D eigenvalue weighted by Gasteiger charge is 2.33. The van der Waals surface area contributed by atoms with Gasteiger partial charge in [-0.15, -0.1) is 0 Å². The molecule has 0 bridgehead atoms. The number of piperidine rings is 1. The fourth-order valence-electron chi connectivity index (χ4n) is 3.23. The minimum Gasteiger partial charge on any atom is -0.337 e. The molecule has 1 aromatic heterocycles. The third-order valence-corrected chi connectivity index (χ3v) is 4.84. The summed E-state index contributed by atoms with van der Waals surface area (Å²) in [6.45, 7) is 1.84.